The van der Waals surface area contributed by atoms with Gasteiger partial charge in [-0.1, -0.05) is 60.1 Å². The summed E-state index contributed by atoms with van der Waals surface area (Å²) < 4.78 is 35.1. The van der Waals surface area contributed by atoms with E-state index in [9.17, 15) is 60.7 Å². The van der Waals surface area contributed by atoms with Gasteiger partial charge in [-0.15, -0.1) is 0 Å². The van der Waals surface area contributed by atoms with Crippen molar-refractivity contribution in [2.24, 2.45) is 50.2 Å². The molecule has 3 heterocycles. The zero-order valence-corrected chi connectivity index (χ0v) is 38.7. The molecule has 0 bridgehead atoms. The highest BCUT2D eigenvalue weighted by molar-refractivity contribution is 5.79. The maximum atomic E-state index is 14.7. The van der Waals surface area contributed by atoms with Crippen molar-refractivity contribution in [2.75, 3.05) is 13.2 Å². The zero-order chi connectivity index (χ0) is 47.6. The summed E-state index contributed by atoms with van der Waals surface area (Å²) in [6, 6.07) is 0. The molecule has 370 valence electrons. The molecule has 0 aromatic rings. The lowest BCUT2D eigenvalue weighted by molar-refractivity contribution is -0.357. The van der Waals surface area contributed by atoms with Gasteiger partial charge in [0.1, 0.15) is 61.0 Å². The lowest BCUT2D eigenvalue weighted by Gasteiger charge is -2.71. The number of aliphatic hydroxyl groups excluding tert-OH is 9. The van der Waals surface area contributed by atoms with Gasteiger partial charge in [-0.05, 0) is 109 Å². The van der Waals surface area contributed by atoms with Crippen LogP contribution in [0.1, 0.15) is 113 Å². The molecule has 8 rings (SSSR count). The van der Waals surface area contributed by atoms with Gasteiger partial charge in [-0.2, -0.15) is 0 Å². The molecule has 3 aliphatic heterocycles. The minimum absolute atomic E-state index is 0.0677. The van der Waals surface area contributed by atoms with Gasteiger partial charge in [0, 0.05) is 0 Å². The maximum Gasteiger partial charge on any atom is 0.335 e. The molecule has 18 nitrogen and oxygen atoms in total. The van der Waals surface area contributed by atoms with Crippen molar-refractivity contribution in [3.05, 3.63) is 11.6 Å². The molecule has 65 heavy (non-hydrogen) atoms. The van der Waals surface area contributed by atoms with E-state index in [1.807, 2.05) is 0 Å². The highest BCUT2D eigenvalue weighted by atomic mass is 16.7. The van der Waals surface area contributed by atoms with Crippen molar-refractivity contribution >= 4 is 11.9 Å². The number of ether oxygens (including phenoxy) is 6. The van der Waals surface area contributed by atoms with Gasteiger partial charge >= 0.3 is 11.9 Å². The van der Waals surface area contributed by atoms with Crippen LogP contribution in [0.2, 0.25) is 0 Å². The quantitative estimate of drug-likeness (QED) is 0.0918. The molecule has 0 aromatic heterocycles. The third-order valence-electron chi connectivity index (χ3n) is 18.9. The van der Waals surface area contributed by atoms with Crippen molar-refractivity contribution in [1.29, 1.82) is 0 Å². The number of carboxylic acids is 1. The van der Waals surface area contributed by atoms with Gasteiger partial charge < -0.3 is 79.5 Å². The van der Waals surface area contributed by atoms with Crippen LogP contribution in [0, 0.1) is 50.2 Å². The summed E-state index contributed by atoms with van der Waals surface area (Å²) in [5.74, 6) is -1.80. The molecule has 8 aliphatic rings. The van der Waals surface area contributed by atoms with Gasteiger partial charge in [0.25, 0.3) is 0 Å². The number of hydrogen-bond acceptors (Lipinski definition) is 17. The monoisotopic (exact) mass is 926 g/mol. The molecule has 7 fully saturated rings. The number of carbonyl (C=O) groups excluding carboxylic acids is 1. The summed E-state index contributed by atoms with van der Waals surface area (Å²) in [5.41, 5.74) is -0.846. The van der Waals surface area contributed by atoms with E-state index < -0.39 is 128 Å². The van der Waals surface area contributed by atoms with Crippen LogP contribution in [0.5, 0.6) is 0 Å². The Morgan fingerprint density at radius 1 is 0.708 bits per heavy atom. The second-order valence-corrected chi connectivity index (χ2v) is 23.1. The number of aliphatic carboxylic acids is 1. The Labute approximate surface area is 380 Å². The van der Waals surface area contributed by atoms with E-state index in [2.05, 4.69) is 54.5 Å². The van der Waals surface area contributed by atoms with E-state index in [1.165, 1.54) is 5.57 Å². The van der Waals surface area contributed by atoms with E-state index >= 15 is 0 Å². The Balaban J connectivity index is 1.03. The van der Waals surface area contributed by atoms with Gasteiger partial charge in [0.15, 0.2) is 18.7 Å². The van der Waals surface area contributed by atoms with Gasteiger partial charge in [0.05, 0.1) is 24.7 Å². The fourth-order valence-corrected chi connectivity index (χ4v) is 14.7. The van der Waals surface area contributed by atoms with Crippen LogP contribution in [0.15, 0.2) is 11.6 Å². The highest BCUT2D eigenvalue weighted by Gasteiger charge is 2.70. The Hall–Kier alpha value is -1.88. The molecule has 4 saturated carbocycles. The minimum Gasteiger partial charge on any atom is -0.479 e. The molecule has 10 N–H and O–H groups in total. The van der Waals surface area contributed by atoms with Crippen LogP contribution in [0.25, 0.3) is 0 Å². The lowest BCUT2D eigenvalue weighted by atomic mass is 9.33. The highest BCUT2D eigenvalue weighted by Crippen LogP contribution is 2.76. The fourth-order valence-electron chi connectivity index (χ4n) is 14.7. The van der Waals surface area contributed by atoms with Crippen molar-refractivity contribution in [2.45, 2.75) is 205 Å². The number of carbonyl (C=O) groups is 2. The van der Waals surface area contributed by atoms with E-state index in [-0.39, 0.29) is 39.4 Å². The zero-order valence-electron chi connectivity index (χ0n) is 38.7. The fraction of sp³-hybridized carbons (Fsp3) is 0.915. The Bertz CT molecular complexity index is 1820. The number of allylic oxidation sites excluding steroid dienone is 2. The second-order valence-electron chi connectivity index (χ2n) is 23.1. The first-order valence-corrected chi connectivity index (χ1v) is 23.7. The molecule has 0 aromatic carbocycles. The van der Waals surface area contributed by atoms with Crippen molar-refractivity contribution in [3.8, 4) is 0 Å². The number of hydrogen-bond donors (Lipinski definition) is 10. The molecule has 0 amide bonds. The van der Waals surface area contributed by atoms with Crippen LogP contribution < -0.4 is 0 Å². The summed E-state index contributed by atoms with van der Waals surface area (Å²) in [4.78, 5) is 27.0. The van der Waals surface area contributed by atoms with E-state index in [0.717, 1.165) is 44.9 Å². The number of aliphatic hydroxyl groups is 9. The molecule has 5 aliphatic carbocycles. The average Bonchev–Trinajstić information content (AvgIpc) is 3.24. The third kappa shape index (κ3) is 7.76. The van der Waals surface area contributed by atoms with E-state index in [1.54, 1.807) is 0 Å². The van der Waals surface area contributed by atoms with Gasteiger partial charge in [-0.25, -0.2) is 4.79 Å². The molecule has 3 saturated heterocycles. The van der Waals surface area contributed by atoms with Crippen LogP contribution in [0.4, 0.5) is 0 Å². The van der Waals surface area contributed by atoms with Crippen LogP contribution >= 0.6 is 0 Å². The second kappa shape index (κ2) is 17.2. The van der Waals surface area contributed by atoms with E-state index in [0.29, 0.717) is 19.3 Å². The topological polar surface area (TPSA) is 292 Å². The molecule has 22 atom stereocenters. The number of rotatable bonds is 8. The van der Waals surface area contributed by atoms with Crippen LogP contribution in [-0.4, -0.2) is 168 Å². The standard InChI is InChI=1S/C47H74O18/c1-42(2)14-16-47(41(59)65-39-32(54)30(52)29(51)24(19-48)61-39)17-15-45(6)21(22(47)18-42)8-9-26-44(5)12-11-27(43(3,4)25(44)10-13-46(26,45)7)62-40-34(56)35(33(55)36(64-40)37(57)58)63-38-31(53)28(50)23(49)20-60-38/h8,22-36,38-40,48-56H,9-20H2,1-7H3,(H,57,58)/t22-,23+,24+,25-,26+,27-,28+,29+,30-,31-,32+,33-,34+,35-,36-,38-,39-,40+,44-,45+,46+,47-/m0/s1. The summed E-state index contributed by atoms with van der Waals surface area (Å²) in [7, 11) is 0. The summed E-state index contributed by atoms with van der Waals surface area (Å²) in [6.07, 6.45) is -13.7. The summed E-state index contributed by atoms with van der Waals surface area (Å²) in [6.45, 7) is 14.9. The molecular weight excluding hydrogens is 852 g/mol. The Kier molecular flexibility index (Phi) is 13.1. The first kappa shape index (κ1) is 49.5. The smallest absolute Gasteiger partial charge is 0.335 e. The maximum absolute atomic E-state index is 14.7. The largest absolute Gasteiger partial charge is 0.479 e. The molecular formula is C47H74O18. The molecule has 0 unspecified atom stereocenters. The number of esters is 1. The minimum atomic E-state index is -1.90. The Morgan fingerprint density at radius 2 is 1.38 bits per heavy atom. The first-order chi connectivity index (χ1) is 30.3. The lowest BCUT2D eigenvalue weighted by Crippen LogP contribution is -2.67. The SMILES string of the molecule is CC1(C)CC[C@]2(C(=O)O[C@@H]3O[C@H](CO)[C@@H](O)[C@H](O)[C@H]3O)CC[C@]3(C)C(=CC[C@@H]4[C@@]5(C)CC[C@H](O[C@@H]6O[C@H](C(=O)O)[C@@H](O)[C@H](O[C@@H]7OC[C@@H](O)[C@@H](O)[C@@H]7O)[C@H]6O)C(C)(C)[C@@H]5CC[C@]43C)[C@@H]2C1. The van der Waals surface area contributed by atoms with Gasteiger partial charge in [0.2, 0.25) is 6.29 Å². The molecule has 0 spiro atoms. The molecule has 0 radical (unpaired) electrons. The number of carboxylic acid groups (broad SMARTS) is 1. The van der Waals surface area contributed by atoms with Crippen molar-refractivity contribution < 1.29 is 89.1 Å². The van der Waals surface area contributed by atoms with Crippen LogP contribution in [-0.2, 0) is 38.0 Å². The van der Waals surface area contributed by atoms with Crippen molar-refractivity contribution in [1.82, 2.24) is 0 Å². The normalized spacial score (nSPS) is 52.7. The predicted molar refractivity (Wildman–Crippen MR) is 225 cm³/mol. The Morgan fingerprint density at radius 3 is 2.06 bits per heavy atom. The summed E-state index contributed by atoms with van der Waals surface area (Å²) >= 11 is 0. The number of fused-ring (bicyclic) bond motifs is 7. The van der Waals surface area contributed by atoms with Crippen molar-refractivity contribution in [3.63, 3.8) is 0 Å². The molecule has 18 heteroatoms. The predicted octanol–water partition coefficient (Wildman–Crippen LogP) is 0.872. The van der Waals surface area contributed by atoms with Gasteiger partial charge in [-0.3, -0.25) is 4.79 Å². The van der Waals surface area contributed by atoms with E-state index in [4.69, 9.17) is 28.4 Å². The average molecular weight is 927 g/mol. The summed E-state index contributed by atoms with van der Waals surface area (Å²) in [5, 5.41) is 105. The first-order valence-electron chi connectivity index (χ1n) is 23.7. The van der Waals surface area contributed by atoms with Crippen LogP contribution in [0.3, 0.4) is 0 Å². The third-order valence-corrected chi connectivity index (χ3v) is 18.9.